The van der Waals surface area contributed by atoms with Gasteiger partial charge in [-0.15, -0.1) is 0 Å². The fraction of sp³-hybridized carbons (Fsp3) is 0.118. The summed E-state index contributed by atoms with van der Waals surface area (Å²) < 4.78 is 5.63. The Balaban J connectivity index is 1.31. The van der Waals surface area contributed by atoms with E-state index in [2.05, 4.69) is 84.6 Å². The molecular weight excluding hydrogens is 626 g/mol. The number of carbonyl (C=O) groups is 1. The Morgan fingerprint density at radius 1 is 0.875 bits per heavy atom. The topological polar surface area (TPSA) is 64.3 Å². The Bertz CT molecular complexity index is 2060. The van der Waals surface area contributed by atoms with Crippen LogP contribution in [-0.2, 0) is 17.6 Å². The second-order valence-corrected chi connectivity index (χ2v) is 14.4. The molecule has 40 heavy (non-hydrogen) atoms. The SMILES string of the molecule is CCN1c2ccccc2CCc2cc(-c3ccc4[se]c5c6cc(/C=C(\C#N)C(=O)O)ccc6[se]c5c4c3)ccc21. The van der Waals surface area contributed by atoms with E-state index in [1.54, 1.807) is 6.07 Å². The molecule has 6 heteroatoms. The number of nitriles is 1. The first-order valence-electron chi connectivity index (χ1n) is 13.3. The molecule has 6 aromatic rings. The van der Waals surface area contributed by atoms with Crippen LogP contribution in [0.3, 0.4) is 0 Å². The average Bonchev–Trinajstić information content (AvgIpc) is 3.46. The Morgan fingerprint density at radius 3 is 2.27 bits per heavy atom. The van der Waals surface area contributed by atoms with Crippen LogP contribution < -0.4 is 4.90 Å². The van der Waals surface area contributed by atoms with E-state index < -0.39 is 5.97 Å². The summed E-state index contributed by atoms with van der Waals surface area (Å²) in [5.41, 5.74) is 8.49. The Labute approximate surface area is 243 Å². The van der Waals surface area contributed by atoms with Crippen LogP contribution in [0.5, 0.6) is 0 Å². The third-order valence-corrected chi connectivity index (χ3v) is 13.4. The van der Waals surface area contributed by atoms with E-state index in [4.69, 9.17) is 0 Å². The number of para-hydroxylation sites is 1. The molecule has 4 aromatic carbocycles. The zero-order valence-corrected chi connectivity index (χ0v) is 25.2. The van der Waals surface area contributed by atoms with Crippen molar-refractivity contribution in [2.75, 3.05) is 11.4 Å². The van der Waals surface area contributed by atoms with Gasteiger partial charge >= 0.3 is 245 Å². The van der Waals surface area contributed by atoms with Crippen LogP contribution in [0.25, 0.3) is 45.0 Å². The molecule has 0 aliphatic carbocycles. The zero-order chi connectivity index (χ0) is 27.4. The molecule has 0 radical (unpaired) electrons. The van der Waals surface area contributed by atoms with Gasteiger partial charge in [0.25, 0.3) is 0 Å². The van der Waals surface area contributed by atoms with Crippen LogP contribution in [0.4, 0.5) is 11.4 Å². The van der Waals surface area contributed by atoms with Crippen molar-refractivity contribution >= 4 is 80.2 Å². The van der Waals surface area contributed by atoms with Crippen LogP contribution in [0.15, 0.2) is 84.4 Å². The van der Waals surface area contributed by atoms with Crippen molar-refractivity contribution in [3.8, 4) is 17.2 Å². The number of anilines is 2. The van der Waals surface area contributed by atoms with Crippen LogP contribution in [0, 0.1) is 11.3 Å². The minimum absolute atomic E-state index is 0.213. The standard InChI is InChI=1S/C34H24N2O2Se2/c1-2-36-28-6-4-3-5-21(28)8-9-24-17-22(10-12-29(24)36)23-11-14-31-27(18-23)33-32(40-31)26-16-20(7-13-30(26)39-33)15-25(19-35)34(37)38/h3-7,10-18H,2,8-9H2,1H3,(H,37,38)/b25-15+. The van der Waals surface area contributed by atoms with Gasteiger partial charge < -0.3 is 0 Å². The molecule has 0 saturated carbocycles. The molecule has 7 rings (SSSR count). The number of hydrogen-bond donors (Lipinski definition) is 1. The van der Waals surface area contributed by atoms with E-state index in [0.29, 0.717) is 0 Å². The summed E-state index contributed by atoms with van der Waals surface area (Å²) in [6.07, 6.45) is 3.55. The molecule has 0 fully saturated rings. The van der Waals surface area contributed by atoms with E-state index >= 15 is 0 Å². The Kier molecular flexibility index (Phi) is 6.27. The maximum atomic E-state index is 11.3. The molecule has 4 nitrogen and oxygen atoms in total. The molecule has 3 heterocycles. The van der Waals surface area contributed by atoms with Crippen LogP contribution >= 0.6 is 0 Å². The Morgan fingerprint density at radius 2 is 1.52 bits per heavy atom. The van der Waals surface area contributed by atoms with Gasteiger partial charge in [-0.25, -0.2) is 0 Å². The number of aryl methyl sites for hydroxylation is 2. The van der Waals surface area contributed by atoms with Gasteiger partial charge in [-0.2, -0.15) is 0 Å². The van der Waals surface area contributed by atoms with Crippen molar-refractivity contribution in [1.29, 1.82) is 5.26 Å². The van der Waals surface area contributed by atoms with Gasteiger partial charge in [0.2, 0.25) is 0 Å². The number of carboxylic acids is 1. The predicted molar refractivity (Wildman–Crippen MR) is 166 cm³/mol. The number of hydrogen-bond acceptors (Lipinski definition) is 3. The van der Waals surface area contributed by atoms with Crippen molar-refractivity contribution in [3.05, 3.63) is 101 Å². The van der Waals surface area contributed by atoms with Crippen molar-refractivity contribution in [3.63, 3.8) is 0 Å². The minimum atomic E-state index is -1.19. The number of aliphatic carboxylic acids is 1. The van der Waals surface area contributed by atoms with Gasteiger partial charge in [0.15, 0.2) is 0 Å². The van der Waals surface area contributed by atoms with E-state index in [1.807, 2.05) is 6.07 Å². The van der Waals surface area contributed by atoms with Gasteiger partial charge in [-0.05, 0) is 0 Å². The molecule has 0 saturated heterocycles. The normalized spacial score (nSPS) is 13.3. The van der Waals surface area contributed by atoms with Crippen molar-refractivity contribution in [2.24, 2.45) is 0 Å². The molecule has 1 aliphatic rings. The molecule has 194 valence electrons. The summed E-state index contributed by atoms with van der Waals surface area (Å²) in [5.74, 6) is -1.19. The summed E-state index contributed by atoms with van der Waals surface area (Å²) in [7, 11) is 0. The van der Waals surface area contributed by atoms with Crippen molar-refractivity contribution < 1.29 is 9.90 Å². The second kappa shape index (κ2) is 9.97. The number of carboxylic acid groups (broad SMARTS) is 1. The van der Waals surface area contributed by atoms with E-state index in [-0.39, 0.29) is 34.6 Å². The summed E-state index contributed by atoms with van der Waals surface area (Å²) in [6.45, 7) is 3.16. The van der Waals surface area contributed by atoms with Crippen LogP contribution in [0.2, 0.25) is 0 Å². The first-order chi connectivity index (χ1) is 19.5. The molecule has 0 unspecified atom stereocenters. The third-order valence-electron chi connectivity index (χ3n) is 7.73. The van der Waals surface area contributed by atoms with E-state index in [0.717, 1.165) is 24.9 Å². The van der Waals surface area contributed by atoms with Gasteiger partial charge in [0.05, 0.1) is 0 Å². The summed E-state index contributed by atoms with van der Waals surface area (Å²) >= 11 is 0.426. The summed E-state index contributed by atoms with van der Waals surface area (Å²) in [6, 6.07) is 30.6. The maximum absolute atomic E-state index is 11.3. The summed E-state index contributed by atoms with van der Waals surface area (Å²) in [5, 5.41) is 21.1. The molecule has 0 bridgehead atoms. The number of benzene rings is 4. The van der Waals surface area contributed by atoms with Crippen molar-refractivity contribution in [2.45, 2.75) is 19.8 Å². The molecule has 2 aromatic heterocycles. The van der Waals surface area contributed by atoms with E-state index in [9.17, 15) is 15.2 Å². The average molecular weight is 650 g/mol. The molecule has 0 atom stereocenters. The summed E-state index contributed by atoms with van der Waals surface area (Å²) in [4.78, 5) is 13.8. The fourth-order valence-electron chi connectivity index (χ4n) is 5.81. The monoisotopic (exact) mass is 652 g/mol. The number of rotatable bonds is 4. The second-order valence-electron chi connectivity index (χ2n) is 10.0. The zero-order valence-electron chi connectivity index (χ0n) is 21.8. The predicted octanol–water partition coefficient (Wildman–Crippen LogP) is 7.18. The molecule has 0 amide bonds. The fourth-order valence-corrected chi connectivity index (χ4v) is 12.0. The molecular formula is C34H24N2O2Se2. The molecule has 1 N–H and O–H groups in total. The van der Waals surface area contributed by atoms with Crippen molar-refractivity contribution in [1.82, 2.24) is 0 Å². The van der Waals surface area contributed by atoms with Gasteiger partial charge in [-0.3, -0.25) is 0 Å². The van der Waals surface area contributed by atoms with Crippen LogP contribution in [0.1, 0.15) is 23.6 Å². The third kappa shape index (κ3) is 4.15. The Hall–Kier alpha value is -3.84. The first kappa shape index (κ1) is 25.1. The van der Waals surface area contributed by atoms with Gasteiger partial charge in [-0.1, -0.05) is 0 Å². The van der Waals surface area contributed by atoms with Gasteiger partial charge in [0.1, 0.15) is 0 Å². The first-order valence-corrected chi connectivity index (χ1v) is 16.7. The van der Waals surface area contributed by atoms with Gasteiger partial charge in [0, 0.05) is 0 Å². The quantitative estimate of drug-likeness (QED) is 0.125. The number of nitrogens with zero attached hydrogens (tertiary/aromatic N) is 2. The number of fused-ring (bicyclic) bond motifs is 7. The molecule has 1 aliphatic heterocycles. The van der Waals surface area contributed by atoms with E-state index in [1.165, 1.54) is 67.5 Å². The van der Waals surface area contributed by atoms with Crippen LogP contribution in [-0.4, -0.2) is 46.6 Å². The molecule has 0 spiro atoms.